The largest absolute Gasteiger partial charge is 0.497 e. The Morgan fingerprint density at radius 2 is 0.824 bits per heavy atom. The Hall–Kier alpha value is -2.95. The van der Waals surface area contributed by atoms with Crippen LogP contribution in [-0.4, -0.2) is 22.3 Å². The van der Waals surface area contributed by atoms with Crippen molar-refractivity contribution in [2.75, 3.05) is 14.2 Å². The van der Waals surface area contributed by atoms with Gasteiger partial charge in [0.15, 0.2) is 0 Å². The molecule has 0 N–H and O–H groups in total. The van der Waals surface area contributed by atoms with Gasteiger partial charge in [-0.2, -0.15) is 0 Å². The van der Waals surface area contributed by atoms with E-state index >= 15 is 0 Å². The van der Waals surface area contributed by atoms with Crippen LogP contribution in [0.2, 0.25) is 13.1 Å². The highest BCUT2D eigenvalue weighted by atomic mass is 32.2. The van der Waals surface area contributed by atoms with Gasteiger partial charge in [0.25, 0.3) is 0 Å². The Morgan fingerprint density at radius 1 is 0.500 bits per heavy atom. The van der Waals surface area contributed by atoms with E-state index in [1.54, 1.807) is 26.0 Å². The number of hydrogen-bond acceptors (Lipinski definition) is 3. The van der Waals surface area contributed by atoms with Crippen LogP contribution in [0, 0.1) is 13.8 Å². The maximum absolute atomic E-state index is 5.22. The van der Waals surface area contributed by atoms with Crippen molar-refractivity contribution in [2.45, 2.75) is 36.7 Å². The second kappa shape index (κ2) is 12.0. The fourth-order valence-corrected chi connectivity index (χ4v) is 6.68. The van der Waals surface area contributed by atoms with Crippen molar-refractivity contribution in [1.29, 1.82) is 0 Å². The molecular weight excluding hydrogens is 452 g/mol. The average Bonchev–Trinajstić information content (AvgIpc) is 2.86. The van der Waals surface area contributed by atoms with Crippen LogP contribution in [0.25, 0.3) is 0 Å². The molecule has 4 aromatic rings. The van der Waals surface area contributed by atoms with Crippen molar-refractivity contribution >= 4 is 30.2 Å². The van der Waals surface area contributed by atoms with Crippen molar-refractivity contribution in [3.05, 3.63) is 108 Å². The Labute approximate surface area is 210 Å². The smallest absolute Gasteiger partial charge is 0.118 e. The lowest BCUT2D eigenvalue weighted by Crippen LogP contribution is -2.52. The van der Waals surface area contributed by atoms with Crippen LogP contribution in [0.3, 0.4) is 0 Å². The van der Waals surface area contributed by atoms with E-state index < -0.39 is 8.07 Å². The molecule has 0 amide bonds. The fourth-order valence-electron chi connectivity index (χ4n) is 3.53. The molecular formula is C30H34O2SSi. The second-order valence-corrected chi connectivity index (χ2v) is 14.4. The van der Waals surface area contributed by atoms with Crippen molar-refractivity contribution < 1.29 is 9.47 Å². The minimum atomic E-state index is -1.57. The van der Waals surface area contributed by atoms with E-state index in [-0.39, 0.29) is 0 Å². The van der Waals surface area contributed by atoms with E-state index in [9.17, 15) is 0 Å². The van der Waals surface area contributed by atoms with E-state index in [2.05, 4.69) is 112 Å². The van der Waals surface area contributed by atoms with Crippen molar-refractivity contribution in [2.24, 2.45) is 0 Å². The van der Waals surface area contributed by atoms with Gasteiger partial charge >= 0.3 is 0 Å². The molecule has 4 heteroatoms. The molecule has 0 bridgehead atoms. The van der Waals surface area contributed by atoms with Crippen molar-refractivity contribution in [3.8, 4) is 11.5 Å². The fraction of sp³-hybridized carbons (Fsp3) is 0.200. The number of aryl methyl sites for hydroxylation is 2. The van der Waals surface area contributed by atoms with E-state index in [0.29, 0.717) is 0 Å². The molecule has 2 nitrogen and oxygen atoms in total. The van der Waals surface area contributed by atoms with E-state index in [1.165, 1.54) is 31.3 Å². The summed E-state index contributed by atoms with van der Waals surface area (Å²) in [5.74, 6) is 1.82. The summed E-state index contributed by atoms with van der Waals surface area (Å²) >= 11 is 1.76. The maximum Gasteiger partial charge on any atom is 0.118 e. The van der Waals surface area contributed by atoms with Crippen LogP contribution in [0.4, 0.5) is 0 Å². The van der Waals surface area contributed by atoms with Gasteiger partial charge in [-0.1, -0.05) is 94.9 Å². The zero-order chi connectivity index (χ0) is 24.6. The summed E-state index contributed by atoms with van der Waals surface area (Å²) in [6, 6.07) is 34.1. The average molecular weight is 487 g/mol. The molecule has 4 aromatic carbocycles. The molecule has 0 aliphatic rings. The predicted octanol–water partition coefficient (Wildman–Crippen LogP) is 6.98. The second-order valence-electron chi connectivity index (χ2n) is 8.81. The molecule has 0 fully saturated rings. The number of methoxy groups -OCH3 is 2. The SMILES string of the molecule is COc1ccc(Sc2ccc(C)cc2)cc1.COc1ccc([Si](C)(C)c2ccc(C)cc2)cc1. The first kappa shape index (κ1) is 25.7. The summed E-state index contributed by atoms with van der Waals surface area (Å²) in [4.78, 5) is 2.49. The maximum atomic E-state index is 5.22. The number of ether oxygens (including phenoxy) is 2. The van der Waals surface area contributed by atoms with Crippen LogP contribution in [0.15, 0.2) is 107 Å². The first-order chi connectivity index (χ1) is 16.3. The molecule has 34 heavy (non-hydrogen) atoms. The molecule has 0 spiro atoms. The van der Waals surface area contributed by atoms with Gasteiger partial charge in [0.2, 0.25) is 0 Å². The summed E-state index contributed by atoms with van der Waals surface area (Å²) in [6.45, 7) is 9.01. The Kier molecular flexibility index (Phi) is 9.03. The summed E-state index contributed by atoms with van der Waals surface area (Å²) in [6.07, 6.45) is 0. The topological polar surface area (TPSA) is 18.5 Å². The minimum absolute atomic E-state index is 0.897. The van der Waals surface area contributed by atoms with Crippen molar-refractivity contribution in [1.82, 2.24) is 0 Å². The third-order valence-corrected chi connectivity index (χ3v) is 10.5. The lowest BCUT2D eigenvalue weighted by atomic mass is 10.2. The highest BCUT2D eigenvalue weighted by Gasteiger charge is 2.25. The molecule has 0 saturated carbocycles. The molecule has 0 aliphatic carbocycles. The molecule has 4 rings (SSSR count). The summed E-state index contributed by atoms with van der Waals surface area (Å²) in [5, 5.41) is 2.91. The molecule has 176 valence electrons. The van der Waals surface area contributed by atoms with Crippen LogP contribution in [0.1, 0.15) is 11.1 Å². The summed E-state index contributed by atoms with van der Waals surface area (Å²) in [7, 11) is 1.82. The number of benzene rings is 4. The molecule has 0 aliphatic heterocycles. The number of hydrogen-bond donors (Lipinski definition) is 0. The van der Waals surface area contributed by atoms with Gasteiger partial charge in [-0.3, -0.25) is 0 Å². The highest BCUT2D eigenvalue weighted by Crippen LogP contribution is 2.28. The molecule has 0 atom stereocenters. The normalized spacial score (nSPS) is 10.8. The van der Waals surface area contributed by atoms with Crippen LogP contribution < -0.4 is 19.8 Å². The van der Waals surface area contributed by atoms with Crippen LogP contribution >= 0.6 is 11.8 Å². The third-order valence-electron chi connectivity index (χ3n) is 5.90. The standard InChI is InChI=1S/C16H20OSi.C14H14OS/c1-13-5-9-15(10-6-13)18(3,4)16-11-7-14(17-2)8-12-16;1-11-3-7-13(8-4-11)16-14-9-5-12(15-2)6-10-14/h5-12H,1-4H3;3-10H,1-2H3. The monoisotopic (exact) mass is 486 g/mol. The van der Waals surface area contributed by atoms with Gasteiger partial charge in [-0.25, -0.2) is 0 Å². The first-order valence-electron chi connectivity index (χ1n) is 11.4. The summed E-state index contributed by atoms with van der Waals surface area (Å²) < 4.78 is 10.3. The van der Waals surface area contributed by atoms with Crippen LogP contribution in [0.5, 0.6) is 11.5 Å². The van der Waals surface area contributed by atoms with Gasteiger partial charge in [-0.15, -0.1) is 0 Å². The molecule has 0 radical (unpaired) electrons. The lowest BCUT2D eigenvalue weighted by Gasteiger charge is -2.24. The van der Waals surface area contributed by atoms with E-state index in [4.69, 9.17) is 9.47 Å². The zero-order valence-electron chi connectivity index (χ0n) is 21.0. The first-order valence-corrected chi connectivity index (χ1v) is 15.2. The zero-order valence-corrected chi connectivity index (χ0v) is 22.8. The van der Waals surface area contributed by atoms with E-state index in [0.717, 1.165) is 11.5 Å². The third kappa shape index (κ3) is 7.02. The predicted molar refractivity (Wildman–Crippen MR) is 149 cm³/mol. The van der Waals surface area contributed by atoms with Crippen LogP contribution in [-0.2, 0) is 0 Å². The minimum Gasteiger partial charge on any atom is -0.497 e. The Balaban J connectivity index is 0.000000192. The van der Waals surface area contributed by atoms with E-state index in [1.807, 2.05) is 12.1 Å². The lowest BCUT2D eigenvalue weighted by molar-refractivity contribution is 0.414. The Bertz CT molecular complexity index is 1150. The molecule has 0 saturated heterocycles. The summed E-state index contributed by atoms with van der Waals surface area (Å²) in [5.41, 5.74) is 2.61. The van der Waals surface area contributed by atoms with Gasteiger partial charge in [0, 0.05) is 9.79 Å². The van der Waals surface area contributed by atoms with Gasteiger partial charge in [0.05, 0.1) is 14.2 Å². The highest BCUT2D eigenvalue weighted by molar-refractivity contribution is 7.99. The molecule has 0 unspecified atom stereocenters. The quantitative estimate of drug-likeness (QED) is 0.274. The molecule has 0 heterocycles. The Morgan fingerprint density at radius 3 is 1.24 bits per heavy atom. The van der Waals surface area contributed by atoms with Gasteiger partial charge in [0.1, 0.15) is 19.6 Å². The van der Waals surface area contributed by atoms with Gasteiger partial charge in [-0.05, 0) is 62.4 Å². The van der Waals surface area contributed by atoms with Gasteiger partial charge < -0.3 is 9.47 Å². The van der Waals surface area contributed by atoms with Crippen molar-refractivity contribution in [3.63, 3.8) is 0 Å². The number of rotatable bonds is 6. The molecule has 0 aromatic heterocycles.